The van der Waals surface area contributed by atoms with E-state index < -0.39 is 23.7 Å². The topological polar surface area (TPSA) is 76.7 Å². The van der Waals surface area contributed by atoms with Crippen molar-refractivity contribution in [1.82, 2.24) is 5.32 Å². The minimum absolute atomic E-state index is 0.102. The third-order valence-corrected chi connectivity index (χ3v) is 4.09. The first-order chi connectivity index (χ1) is 13.6. The van der Waals surface area contributed by atoms with E-state index in [-0.39, 0.29) is 22.9 Å². The Hall–Kier alpha value is -2.94. The van der Waals surface area contributed by atoms with Gasteiger partial charge in [-0.1, -0.05) is 11.6 Å². The molecule has 0 saturated heterocycles. The van der Waals surface area contributed by atoms with Gasteiger partial charge in [-0.3, -0.25) is 4.79 Å². The van der Waals surface area contributed by atoms with Gasteiger partial charge in [0.1, 0.15) is 5.75 Å². The van der Waals surface area contributed by atoms with Crippen LogP contribution in [0.2, 0.25) is 5.02 Å². The van der Waals surface area contributed by atoms with Crippen molar-refractivity contribution in [2.24, 2.45) is 0 Å². The number of nitrogens with one attached hydrogen (secondary N) is 2. The maximum Gasteiger partial charge on any atom is 0.441 e. The molecule has 0 bridgehead atoms. The lowest BCUT2D eigenvalue weighted by Crippen LogP contribution is -2.69. The lowest BCUT2D eigenvalue weighted by molar-refractivity contribution is -0.204. The average Bonchev–Trinajstić information content (AvgIpc) is 2.68. The molecule has 1 amide bonds. The molecule has 0 fully saturated rings. The molecule has 0 aliphatic heterocycles. The molecule has 156 valence electrons. The maximum absolute atomic E-state index is 14.1. The largest absolute Gasteiger partial charge is 0.497 e. The van der Waals surface area contributed by atoms with Crippen LogP contribution in [0.4, 0.5) is 18.9 Å². The Morgan fingerprint density at radius 1 is 1.03 bits per heavy atom. The van der Waals surface area contributed by atoms with Crippen molar-refractivity contribution in [3.8, 4) is 5.75 Å². The molecule has 29 heavy (non-hydrogen) atoms. The van der Waals surface area contributed by atoms with Crippen LogP contribution >= 0.6 is 11.6 Å². The molecule has 2 rings (SSSR count). The SMILES string of the molecule is CCOC(=O)[C@@](NC(=O)c1ccc(OC)cc1)(Nc1ccc(Cl)cc1)C(F)(F)F. The number of methoxy groups -OCH3 is 1. The van der Waals surface area contributed by atoms with Crippen molar-refractivity contribution < 1.29 is 32.2 Å². The van der Waals surface area contributed by atoms with E-state index in [0.717, 1.165) is 0 Å². The first-order valence-electron chi connectivity index (χ1n) is 8.37. The number of rotatable bonds is 7. The third-order valence-electron chi connectivity index (χ3n) is 3.84. The van der Waals surface area contributed by atoms with Crippen LogP contribution in [0.15, 0.2) is 48.5 Å². The standard InChI is InChI=1S/C19H18ClF3N2O4/c1-3-29-17(27)18(19(21,22)23,24-14-8-6-13(20)7-9-14)25-16(26)12-4-10-15(28-2)11-5-12/h4-11,24H,3H2,1-2H3,(H,25,26)/t18-/m0/s1. The highest BCUT2D eigenvalue weighted by Gasteiger charge is 2.63. The van der Waals surface area contributed by atoms with Crippen molar-refractivity contribution >= 4 is 29.2 Å². The number of carbonyl (C=O) groups is 2. The van der Waals surface area contributed by atoms with Crippen LogP contribution in [0.1, 0.15) is 17.3 Å². The van der Waals surface area contributed by atoms with Crippen molar-refractivity contribution in [2.75, 3.05) is 19.0 Å². The zero-order chi connectivity index (χ0) is 21.7. The van der Waals surface area contributed by atoms with Gasteiger partial charge < -0.3 is 20.1 Å². The summed E-state index contributed by atoms with van der Waals surface area (Å²) in [6.45, 7) is 1.03. The summed E-state index contributed by atoms with van der Waals surface area (Å²) in [6, 6.07) is 10.5. The van der Waals surface area contributed by atoms with E-state index >= 15 is 0 Å². The summed E-state index contributed by atoms with van der Waals surface area (Å²) < 4.78 is 51.8. The Balaban J connectivity index is 2.46. The zero-order valence-electron chi connectivity index (χ0n) is 15.5. The van der Waals surface area contributed by atoms with E-state index in [1.807, 2.05) is 0 Å². The molecule has 0 saturated carbocycles. The number of benzene rings is 2. The van der Waals surface area contributed by atoms with Gasteiger partial charge in [-0.25, -0.2) is 4.79 Å². The van der Waals surface area contributed by atoms with Gasteiger partial charge in [0.25, 0.3) is 5.91 Å². The second-order valence-electron chi connectivity index (χ2n) is 5.78. The molecule has 10 heteroatoms. The molecule has 0 heterocycles. The monoisotopic (exact) mass is 430 g/mol. The van der Waals surface area contributed by atoms with E-state index in [2.05, 4.69) is 10.1 Å². The second-order valence-corrected chi connectivity index (χ2v) is 6.22. The van der Waals surface area contributed by atoms with Crippen LogP contribution in [-0.4, -0.2) is 37.4 Å². The maximum atomic E-state index is 14.1. The van der Waals surface area contributed by atoms with Gasteiger partial charge in [-0.15, -0.1) is 0 Å². The fourth-order valence-electron chi connectivity index (χ4n) is 2.36. The predicted octanol–water partition coefficient (Wildman–Crippen LogP) is 4.01. The lowest BCUT2D eigenvalue weighted by atomic mass is 10.1. The smallest absolute Gasteiger partial charge is 0.441 e. The first-order valence-corrected chi connectivity index (χ1v) is 8.75. The molecule has 0 unspecified atom stereocenters. The van der Waals surface area contributed by atoms with E-state index in [0.29, 0.717) is 5.75 Å². The van der Waals surface area contributed by atoms with E-state index in [1.165, 1.54) is 62.6 Å². The molecule has 2 aromatic carbocycles. The minimum Gasteiger partial charge on any atom is -0.497 e. The predicted molar refractivity (Wildman–Crippen MR) is 101 cm³/mol. The summed E-state index contributed by atoms with van der Waals surface area (Å²) in [5.41, 5.74) is -3.73. The highest BCUT2D eigenvalue weighted by Crippen LogP contribution is 2.34. The van der Waals surface area contributed by atoms with Crippen molar-refractivity contribution in [3.63, 3.8) is 0 Å². The number of carbonyl (C=O) groups excluding carboxylic acids is 2. The second kappa shape index (κ2) is 9.04. The third kappa shape index (κ3) is 5.11. The normalized spacial score (nSPS) is 13.2. The van der Waals surface area contributed by atoms with Crippen LogP contribution in [0.5, 0.6) is 5.75 Å². The Morgan fingerprint density at radius 3 is 2.10 bits per heavy atom. The Morgan fingerprint density at radius 2 is 1.62 bits per heavy atom. The van der Waals surface area contributed by atoms with Gasteiger partial charge in [-0.05, 0) is 55.5 Å². The molecule has 2 N–H and O–H groups in total. The average molecular weight is 431 g/mol. The lowest BCUT2D eigenvalue weighted by Gasteiger charge is -2.35. The summed E-state index contributed by atoms with van der Waals surface area (Å²) >= 11 is 5.75. The Kier molecular flexibility index (Phi) is 6.97. The highest BCUT2D eigenvalue weighted by atomic mass is 35.5. The number of hydrogen-bond acceptors (Lipinski definition) is 5. The van der Waals surface area contributed by atoms with Gasteiger partial charge in [0.05, 0.1) is 13.7 Å². The molecular weight excluding hydrogens is 413 g/mol. The Bertz CT molecular complexity index is 857. The van der Waals surface area contributed by atoms with Gasteiger partial charge in [-0.2, -0.15) is 13.2 Å². The molecule has 0 aliphatic rings. The van der Waals surface area contributed by atoms with E-state index in [1.54, 1.807) is 5.32 Å². The summed E-state index contributed by atoms with van der Waals surface area (Å²) in [5, 5.41) is 4.09. The van der Waals surface area contributed by atoms with E-state index in [4.69, 9.17) is 16.3 Å². The summed E-state index contributed by atoms with van der Waals surface area (Å²) in [7, 11) is 1.40. The van der Waals surface area contributed by atoms with Gasteiger partial charge >= 0.3 is 17.8 Å². The summed E-state index contributed by atoms with van der Waals surface area (Å²) in [5.74, 6) is -2.43. The van der Waals surface area contributed by atoms with Crippen LogP contribution < -0.4 is 15.4 Å². The molecular formula is C19H18ClF3N2O4. The van der Waals surface area contributed by atoms with Gasteiger partial charge in [0.2, 0.25) is 0 Å². The van der Waals surface area contributed by atoms with Crippen molar-refractivity contribution in [1.29, 1.82) is 0 Å². The van der Waals surface area contributed by atoms with Crippen molar-refractivity contribution in [3.05, 3.63) is 59.1 Å². The van der Waals surface area contributed by atoms with Gasteiger partial charge in [0.15, 0.2) is 0 Å². The van der Waals surface area contributed by atoms with E-state index in [9.17, 15) is 22.8 Å². The number of amides is 1. The van der Waals surface area contributed by atoms with Crippen LogP contribution in [-0.2, 0) is 9.53 Å². The molecule has 0 radical (unpaired) electrons. The fraction of sp³-hybridized carbons (Fsp3) is 0.263. The summed E-state index contributed by atoms with van der Waals surface area (Å²) in [6.07, 6.45) is -5.24. The number of alkyl halides is 3. The first kappa shape index (κ1) is 22.4. The molecule has 0 aromatic heterocycles. The fourth-order valence-corrected chi connectivity index (χ4v) is 2.49. The molecule has 6 nitrogen and oxygen atoms in total. The Labute approximate surface area is 169 Å². The molecule has 0 spiro atoms. The number of anilines is 1. The number of hydrogen-bond donors (Lipinski definition) is 2. The van der Waals surface area contributed by atoms with Crippen LogP contribution in [0, 0.1) is 0 Å². The number of esters is 1. The highest BCUT2D eigenvalue weighted by molar-refractivity contribution is 6.30. The zero-order valence-corrected chi connectivity index (χ0v) is 16.2. The molecule has 1 atom stereocenters. The summed E-state index contributed by atoms with van der Waals surface area (Å²) in [4.78, 5) is 24.9. The van der Waals surface area contributed by atoms with Crippen LogP contribution in [0.25, 0.3) is 0 Å². The molecule has 0 aliphatic carbocycles. The minimum atomic E-state index is -5.24. The van der Waals surface area contributed by atoms with Crippen molar-refractivity contribution in [2.45, 2.75) is 18.8 Å². The van der Waals surface area contributed by atoms with Crippen LogP contribution in [0.3, 0.4) is 0 Å². The quantitative estimate of drug-likeness (QED) is 0.512. The van der Waals surface area contributed by atoms with Gasteiger partial charge in [0, 0.05) is 16.3 Å². The number of halogens is 4. The number of ether oxygens (including phenoxy) is 2. The molecule has 2 aromatic rings.